The number of nitro benzene ring substituents is 1. The zero-order valence-electron chi connectivity index (χ0n) is 9.10. The fourth-order valence-corrected chi connectivity index (χ4v) is 2.03. The van der Waals surface area contributed by atoms with Gasteiger partial charge in [-0.25, -0.2) is 0 Å². The van der Waals surface area contributed by atoms with Crippen LogP contribution in [0.2, 0.25) is 0 Å². The molecule has 2 rings (SSSR count). The molecule has 6 heteroatoms. The van der Waals surface area contributed by atoms with Crippen molar-refractivity contribution in [2.45, 2.75) is 6.42 Å². The Morgan fingerprint density at radius 1 is 1.59 bits per heavy atom. The molecule has 1 fully saturated rings. The Hall–Kier alpha value is -1.14. The lowest BCUT2D eigenvalue weighted by atomic mass is 10.1. The average Bonchev–Trinajstić information content (AvgIpc) is 2.80. The van der Waals surface area contributed by atoms with Gasteiger partial charge in [-0.3, -0.25) is 10.1 Å². The fourth-order valence-electron chi connectivity index (χ4n) is 1.68. The van der Waals surface area contributed by atoms with Crippen LogP contribution in [-0.2, 0) is 4.74 Å². The lowest BCUT2D eigenvalue weighted by molar-refractivity contribution is -0.386. The summed E-state index contributed by atoms with van der Waals surface area (Å²) in [5, 5.41) is 10.9. The van der Waals surface area contributed by atoms with E-state index >= 15 is 0 Å². The number of benzene rings is 1. The van der Waals surface area contributed by atoms with Crippen molar-refractivity contribution in [1.29, 1.82) is 0 Å². The summed E-state index contributed by atoms with van der Waals surface area (Å²) in [5.41, 5.74) is -0.0155. The third kappa shape index (κ3) is 3.17. The van der Waals surface area contributed by atoms with Crippen molar-refractivity contribution in [3.05, 3.63) is 32.8 Å². The van der Waals surface area contributed by atoms with E-state index in [-0.39, 0.29) is 5.69 Å². The Morgan fingerprint density at radius 3 is 3.06 bits per heavy atom. The van der Waals surface area contributed by atoms with E-state index in [9.17, 15) is 10.1 Å². The van der Waals surface area contributed by atoms with Crippen LogP contribution in [0.1, 0.15) is 6.42 Å². The minimum atomic E-state index is -0.439. The average molecular weight is 302 g/mol. The second-order valence-electron chi connectivity index (χ2n) is 3.91. The van der Waals surface area contributed by atoms with Gasteiger partial charge in [-0.15, -0.1) is 0 Å². The number of ether oxygens (including phenoxy) is 2. The van der Waals surface area contributed by atoms with Crippen LogP contribution in [0.4, 0.5) is 5.69 Å². The van der Waals surface area contributed by atoms with Gasteiger partial charge in [-0.05, 0) is 18.6 Å². The highest BCUT2D eigenvalue weighted by Crippen LogP contribution is 2.30. The Morgan fingerprint density at radius 2 is 2.41 bits per heavy atom. The molecule has 5 nitrogen and oxygen atoms in total. The van der Waals surface area contributed by atoms with Gasteiger partial charge in [0.1, 0.15) is 0 Å². The monoisotopic (exact) mass is 301 g/mol. The molecule has 1 aromatic carbocycles. The maximum absolute atomic E-state index is 10.9. The van der Waals surface area contributed by atoms with E-state index in [1.807, 2.05) is 0 Å². The Kier molecular flexibility index (Phi) is 3.96. The molecule has 1 aliphatic heterocycles. The molecule has 0 spiro atoms. The number of hydrogen-bond donors (Lipinski definition) is 0. The van der Waals surface area contributed by atoms with Crippen LogP contribution in [0, 0.1) is 16.0 Å². The minimum absolute atomic E-state index is 0.0155. The van der Waals surface area contributed by atoms with E-state index in [0.29, 0.717) is 29.4 Å². The van der Waals surface area contributed by atoms with Crippen LogP contribution in [0.5, 0.6) is 5.75 Å². The maximum Gasteiger partial charge on any atom is 0.312 e. The number of halogens is 1. The van der Waals surface area contributed by atoms with Crippen molar-refractivity contribution in [3.63, 3.8) is 0 Å². The topological polar surface area (TPSA) is 61.6 Å². The molecule has 0 radical (unpaired) electrons. The summed E-state index contributed by atoms with van der Waals surface area (Å²) in [5.74, 6) is 0.642. The zero-order valence-corrected chi connectivity index (χ0v) is 10.7. The van der Waals surface area contributed by atoms with Crippen molar-refractivity contribution < 1.29 is 14.4 Å². The molecule has 17 heavy (non-hydrogen) atoms. The van der Waals surface area contributed by atoms with Gasteiger partial charge in [-0.1, -0.05) is 15.9 Å². The quantitative estimate of drug-likeness (QED) is 0.634. The van der Waals surface area contributed by atoms with E-state index in [1.165, 1.54) is 6.07 Å². The van der Waals surface area contributed by atoms with Crippen molar-refractivity contribution in [2.75, 3.05) is 19.8 Å². The first-order valence-electron chi connectivity index (χ1n) is 5.31. The summed E-state index contributed by atoms with van der Waals surface area (Å²) >= 11 is 3.20. The van der Waals surface area contributed by atoms with Crippen LogP contribution in [0.15, 0.2) is 22.7 Å². The standard InChI is InChI=1S/C11H12BrNO4/c12-9-1-2-11(10(5-9)13(14)15)17-7-8-3-4-16-6-8/h1-2,5,8H,3-4,6-7H2. The first-order chi connectivity index (χ1) is 8.16. The normalized spacial score (nSPS) is 19.2. The summed E-state index contributed by atoms with van der Waals surface area (Å²) in [6.07, 6.45) is 0.949. The summed E-state index contributed by atoms with van der Waals surface area (Å²) < 4.78 is 11.4. The number of nitro groups is 1. The smallest absolute Gasteiger partial charge is 0.312 e. The Balaban J connectivity index is 2.06. The van der Waals surface area contributed by atoms with Gasteiger partial charge in [-0.2, -0.15) is 0 Å². The molecule has 0 aliphatic carbocycles. The highest BCUT2D eigenvalue weighted by atomic mass is 79.9. The van der Waals surface area contributed by atoms with E-state index in [2.05, 4.69) is 15.9 Å². The molecule has 1 aliphatic rings. The third-order valence-electron chi connectivity index (χ3n) is 2.62. The highest BCUT2D eigenvalue weighted by Gasteiger charge is 2.20. The second kappa shape index (κ2) is 5.46. The zero-order chi connectivity index (χ0) is 12.3. The van der Waals surface area contributed by atoms with Gasteiger partial charge in [0.05, 0.1) is 18.1 Å². The summed E-state index contributed by atoms with van der Waals surface area (Å²) in [6, 6.07) is 4.78. The van der Waals surface area contributed by atoms with E-state index in [4.69, 9.17) is 9.47 Å². The SMILES string of the molecule is O=[N+]([O-])c1cc(Br)ccc1OCC1CCOC1. The van der Waals surface area contributed by atoms with E-state index in [0.717, 1.165) is 13.0 Å². The molecule has 1 heterocycles. The lowest BCUT2D eigenvalue weighted by Crippen LogP contribution is -2.12. The summed E-state index contributed by atoms with van der Waals surface area (Å²) in [6.45, 7) is 1.88. The molecule has 0 saturated carbocycles. The van der Waals surface area contributed by atoms with Gasteiger partial charge in [0.25, 0.3) is 0 Å². The van der Waals surface area contributed by atoms with Gasteiger partial charge >= 0.3 is 5.69 Å². The van der Waals surface area contributed by atoms with Gasteiger partial charge < -0.3 is 9.47 Å². The summed E-state index contributed by atoms with van der Waals surface area (Å²) in [7, 11) is 0. The molecule has 0 amide bonds. The molecule has 0 aromatic heterocycles. The van der Waals surface area contributed by atoms with Crippen LogP contribution >= 0.6 is 15.9 Å². The van der Waals surface area contributed by atoms with Crippen molar-refractivity contribution >= 4 is 21.6 Å². The number of nitrogens with zero attached hydrogens (tertiary/aromatic N) is 1. The third-order valence-corrected chi connectivity index (χ3v) is 3.11. The molecule has 0 N–H and O–H groups in total. The summed E-state index contributed by atoms with van der Waals surface area (Å²) in [4.78, 5) is 10.4. The maximum atomic E-state index is 10.9. The molecular formula is C11H12BrNO4. The van der Waals surface area contributed by atoms with Crippen LogP contribution < -0.4 is 4.74 Å². The van der Waals surface area contributed by atoms with Crippen molar-refractivity contribution in [2.24, 2.45) is 5.92 Å². The van der Waals surface area contributed by atoms with Crippen LogP contribution in [0.3, 0.4) is 0 Å². The first kappa shape index (κ1) is 12.3. The number of rotatable bonds is 4. The predicted molar refractivity (Wildman–Crippen MR) is 65.2 cm³/mol. The van der Waals surface area contributed by atoms with E-state index in [1.54, 1.807) is 12.1 Å². The molecule has 0 bridgehead atoms. The minimum Gasteiger partial charge on any atom is -0.486 e. The number of hydrogen-bond acceptors (Lipinski definition) is 4. The molecule has 1 aromatic rings. The molecule has 1 saturated heterocycles. The van der Waals surface area contributed by atoms with Gasteiger partial charge in [0, 0.05) is 23.1 Å². The molecular weight excluding hydrogens is 290 g/mol. The Bertz CT molecular complexity index is 418. The second-order valence-corrected chi connectivity index (χ2v) is 4.83. The lowest BCUT2D eigenvalue weighted by Gasteiger charge is -2.10. The highest BCUT2D eigenvalue weighted by molar-refractivity contribution is 9.10. The largest absolute Gasteiger partial charge is 0.486 e. The van der Waals surface area contributed by atoms with E-state index < -0.39 is 4.92 Å². The molecule has 1 atom stereocenters. The van der Waals surface area contributed by atoms with Crippen molar-refractivity contribution in [1.82, 2.24) is 0 Å². The van der Waals surface area contributed by atoms with Crippen LogP contribution in [-0.4, -0.2) is 24.7 Å². The first-order valence-corrected chi connectivity index (χ1v) is 6.10. The van der Waals surface area contributed by atoms with Crippen molar-refractivity contribution in [3.8, 4) is 5.75 Å². The Labute approximate surface area is 107 Å². The molecule has 1 unspecified atom stereocenters. The predicted octanol–water partition coefficient (Wildman–Crippen LogP) is 2.77. The van der Waals surface area contributed by atoms with Gasteiger partial charge in [0.2, 0.25) is 0 Å². The molecule has 92 valence electrons. The van der Waals surface area contributed by atoms with Crippen LogP contribution in [0.25, 0.3) is 0 Å². The fraction of sp³-hybridized carbons (Fsp3) is 0.455. The van der Waals surface area contributed by atoms with Gasteiger partial charge in [0.15, 0.2) is 5.75 Å².